The second-order valence-corrected chi connectivity index (χ2v) is 6.11. The maximum atomic E-state index is 12.6. The summed E-state index contributed by atoms with van der Waals surface area (Å²) < 4.78 is 16.8. The Balaban J connectivity index is 1.56. The highest BCUT2D eigenvalue weighted by Crippen LogP contribution is 2.27. The van der Waals surface area contributed by atoms with Crippen LogP contribution >= 0.6 is 0 Å². The van der Waals surface area contributed by atoms with Crippen LogP contribution in [0.25, 0.3) is 22.2 Å². The molecule has 0 unspecified atom stereocenters. The maximum Gasteiger partial charge on any atom is 0.359 e. The van der Waals surface area contributed by atoms with Gasteiger partial charge in [0.25, 0.3) is 11.4 Å². The molecule has 0 saturated heterocycles. The summed E-state index contributed by atoms with van der Waals surface area (Å²) in [6.07, 6.45) is 0. The molecule has 9 nitrogen and oxygen atoms in total. The largest absolute Gasteiger partial charge is 0.496 e. The van der Waals surface area contributed by atoms with E-state index >= 15 is 0 Å². The molecule has 0 amide bonds. The first-order valence-corrected chi connectivity index (χ1v) is 8.67. The first-order valence-electron chi connectivity index (χ1n) is 8.67. The Labute approximate surface area is 164 Å². The van der Waals surface area contributed by atoms with Crippen LogP contribution in [-0.2, 0) is 18.4 Å². The molecule has 2 aromatic carbocycles. The van der Waals surface area contributed by atoms with Crippen molar-refractivity contribution in [3.63, 3.8) is 0 Å². The number of rotatable bonds is 5. The molecular weight excluding hydrogens is 376 g/mol. The maximum absolute atomic E-state index is 12.6. The smallest absolute Gasteiger partial charge is 0.359 e. The lowest BCUT2D eigenvalue weighted by atomic mass is 10.1. The average Bonchev–Trinajstić information content (AvgIpc) is 3.23. The number of esters is 1. The van der Waals surface area contributed by atoms with Gasteiger partial charge in [-0.25, -0.2) is 9.48 Å². The van der Waals surface area contributed by atoms with Gasteiger partial charge in [0.05, 0.1) is 18.1 Å². The molecular formula is C20H16N4O5. The summed E-state index contributed by atoms with van der Waals surface area (Å²) >= 11 is 0. The first kappa shape index (κ1) is 18.4. The third kappa shape index (κ3) is 3.45. The van der Waals surface area contributed by atoms with Crippen LogP contribution in [0.1, 0.15) is 16.4 Å². The number of fused-ring (bicyclic) bond motifs is 1. The SMILES string of the molecule is COc1ccccc1-c1noc(COC(=O)c2nn(C)c(=O)c3ccccc23)n1. The van der Waals surface area contributed by atoms with Crippen molar-refractivity contribution in [2.75, 3.05) is 7.11 Å². The van der Waals surface area contributed by atoms with E-state index in [2.05, 4.69) is 15.2 Å². The molecule has 0 saturated carbocycles. The quantitative estimate of drug-likeness (QED) is 0.476. The topological polar surface area (TPSA) is 109 Å². The predicted molar refractivity (Wildman–Crippen MR) is 102 cm³/mol. The van der Waals surface area contributed by atoms with Gasteiger partial charge in [-0.1, -0.05) is 35.5 Å². The minimum absolute atomic E-state index is 0.0344. The Bertz CT molecular complexity index is 1260. The lowest BCUT2D eigenvalue weighted by Crippen LogP contribution is -2.23. The van der Waals surface area contributed by atoms with Crippen LogP contribution in [0.15, 0.2) is 57.8 Å². The fourth-order valence-electron chi connectivity index (χ4n) is 2.90. The predicted octanol–water partition coefficient (Wildman–Crippen LogP) is 2.35. The van der Waals surface area contributed by atoms with Crippen LogP contribution in [0, 0.1) is 0 Å². The van der Waals surface area contributed by atoms with E-state index in [1.54, 1.807) is 43.5 Å². The van der Waals surface area contributed by atoms with Crippen molar-refractivity contribution in [3.05, 3.63) is 70.5 Å². The number of ether oxygens (including phenoxy) is 2. The van der Waals surface area contributed by atoms with Gasteiger partial charge in [0.1, 0.15) is 5.75 Å². The Hall–Kier alpha value is -4.01. The van der Waals surface area contributed by atoms with Crippen molar-refractivity contribution in [3.8, 4) is 17.1 Å². The van der Waals surface area contributed by atoms with Gasteiger partial charge in [-0.15, -0.1) is 0 Å². The first-order chi connectivity index (χ1) is 14.1. The summed E-state index contributed by atoms with van der Waals surface area (Å²) in [5.74, 6) is 0.333. The molecule has 0 N–H and O–H groups in total. The Kier molecular flexibility index (Phi) is 4.78. The number of para-hydroxylation sites is 1. The number of hydrogen-bond donors (Lipinski definition) is 0. The molecule has 4 rings (SSSR count). The van der Waals surface area contributed by atoms with Gasteiger partial charge in [-0.2, -0.15) is 10.1 Å². The number of methoxy groups -OCH3 is 1. The Morgan fingerprint density at radius 2 is 1.83 bits per heavy atom. The van der Waals surface area contributed by atoms with E-state index in [-0.39, 0.29) is 23.8 Å². The van der Waals surface area contributed by atoms with E-state index in [0.717, 1.165) is 4.68 Å². The summed E-state index contributed by atoms with van der Waals surface area (Å²) in [4.78, 5) is 29.0. The Morgan fingerprint density at radius 1 is 1.10 bits per heavy atom. The number of carbonyl (C=O) groups is 1. The molecule has 4 aromatic rings. The Morgan fingerprint density at radius 3 is 2.62 bits per heavy atom. The van der Waals surface area contributed by atoms with Crippen molar-refractivity contribution in [2.24, 2.45) is 7.05 Å². The molecule has 0 fully saturated rings. The summed E-state index contributed by atoms with van der Waals surface area (Å²) in [5, 5.41) is 8.74. The zero-order valence-electron chi connectivity index (χ0n) is 15.7. The standard InChI is InChI=1S/C20H16N4O5/c1-24-19(25)13-8-4-3-7-12(13)17(22-24)20(26)28-11-16-21-18(23-29-16)14-9-5-6-10-15(14)27-2/h3-10H,11H2,1-2H3. The second kappa shape index (κ2) is 7.55. The highest BCUT2D eigenvalue weighted by molar-refractivity contribution is 6.02. The number of carbonyl (C=O) groups excluding carboxylic acids is 1. The number of aryl methyl sites for hydroxylation is 1. The fourth-order valence-corrected chi connectivity index (χ4v) is 2.90. The van der Waals surface area contributed by atoms with E-state index in [0.29, 0.717) is 27.9 Å². The van der Waals surface area contributed by atoms with E-state index in [1.807, 2.05) is 12.1 Å². The molecule has 2 heterocycles. The van der Waals surface area contributed by atoms with Gasteiger partial charge in [0.15, 0.2) is 12.3 Å². The third-order valence-corrected chi connectivity index (χ3v) is 4.29. The number of aromatic nitrogens is 4. The fraction of sp³-hybridized carbons (Fsp3) is 0.150. The monoisotopic (exact) mass is 392 g/mol. The molecule has 29 heavy (non-hydrogen) atoms. The van der Waals surface area contributed by atoms with E-state index in [4.69, 9.17) is 14.0 Å². The van der Waals surface area contributed by atoms with Crippen LogP contribution < -0.4 is 10.3 Å². The van der Waals surface area contributed by atoms with Crippen LogP contribution in [0.5, 0.6) is 5.75 Å². The summed E-state index contributed by atoms with van der Waals surface area (Å²) in [6, 6.07) is 13.9. The lowest BCUT2D eigenvalue weighted by Gasteiger charge is -2.07. The highest BCUT2D eigenvalue weighted by Gasteiger charge is 2.19. The molecule has 9 heteroatoms. The zero-order chi connectivity index (χ0) is 20.4. The van der Waals surface area contributed by atoms with E-state index in [9.17, 15) is 9.59 Å². The third-order valence-electron chi connectivity index (χ3n) is 4.29. The molecule has 0 bridgehead atoms. The van der Waals surface area contributed by atoms with Crippen molar-refractivity contribution in [1.29, 1.82) is 0 Å². The highest BCUT2D eigenvalue weighted by atomic mass is 16.6. The molecule has 0 radical (unpaired) electrons. The zero-order valence-corrected chi connectivity index (χ0v) is 15.7. The lowest BCUT2D eigenvalue weighted by molar-refractivity contribution is 0.0423. The molecule has 146 valence electrons. The van der Waals surface area contributed by atoms with Crippen molar-refractivity contribution in [2.45, 2.75) is 6.61 Å². The van der Waals surface area contributed by atoms with E-state index < -0.39 is 5.97 Å². The molecule has 0 aliphatic rings. The van der Waals surface area contributed by atoms with Crippen LogP contribution in [0.4, 0.5) is 0 Å². The summed E-state index contributed by atoms with van der Waals surface area (Å²) in [6.45, 7) is -0.236. The normalized spacial score (nSPS) is 10.8. The van der Waals surface area contributed by atoms with Gasteiger partial charge in [0, 0.05) is 12.4 Å². The second-order valence-electron chi connectivity index (χ2n) is 6.11. The van der Waals surface area contributed by atoms with Crippen LogP contribution in [0.3, 0.4) is 0 Å². The van der Waals surface area contributed by atoms with Gasteiger partial charge in [0.2, 0.25) is 5.82 Å². The number of nitrogens with zero attached hydrogens (tertiary/aromatic N) is 4. The molecule has 0 spiro atoms. The molecule has 0 atom stereocenters. The summed E-state index contributed by atoms with van der Waals surface area (Å²) in [7, 11) is 3.02. The minimum atomic E-state index is -0.700. The van der Waals surface area contributed by atoms with Crippen molar-refractivity contribution in [1.82, 2.24) is 19.9 Å². The van der Waals surface area contributed by atoms with Crippen LogP contribution in [0.2, 0.25) is 0 Å². The van der Waals surface area contributed by atoms with Crippen molar-refractivity contribution < 1.29 is 18.8 Å². The average molecular weight is 392 g/mol. The minimum Gasteiger partial charge on any atom is -0.496 e. The van der Waals surface area contributed by atoms with Gasteiger partial charge in [-0.05, 0) is 18.2 Å². The van der Waals surface area contributed by atoms with E-state index in [1.165, 1.54) is 7.05 Å². The van der Waals surface area contributed by atoms with Gasteiger partial charge >= 0.3 is 5.97 Å². The molecule has 2 aromatic heterocycles. The summed E-state index contributed by atoms with van der Waals surface area (Å²) in [5.41, 5.74) is 0.393. The van der Waals surface area contributed by atoms with Gasteiger partial charge < -0.3 is 14.0 Å². The molecule has 0 aliphatic heterocycles. The van der Waals surface area contributed by atoms with Crippen molar-refractivity contribution >= 4 is 16.7 Å². The number of hydrogen-bond acceptors (Lipinski definition) is 8. The van der Waals surface area contributed by atoms with Gasteiger partial charge in [-0.3, -0.25) is 4.79 Å². The number of benzene rings is 2. The molecule has 0 aliphatic carbocycles. The van der Waals surface area contributed by atoms with Crippen LogP contribution in [-0.4, -0.2) is 33.0 Å².